The molecule has 5 nitrogen and oxygen atoms in total. The van der Waals surface area contributed by atoms with Gasteiger partial charge in [0, 0.05) is 32.6 Å². The summed E-state index contributed by atoms with van der Waals surface area (Å²) >= 11 is 0. The first-order valence-electron chi connectivity index (χ1n) is 8.54. The van der Waals surface area contributed by atoms with Crippen LogP contribution in [0.1, 0.15) is 19.4 Å². The number of likely N-dealkylation sites (N-methyl/N-ethyl adjacent to an activating group) is 1. The second kappa shape index (κ2) is 9.01. The number of amides is 1. The summed E-state index contributed by atoms with van der Waals surface area (Å²) in [7, 11) is 0. The number of nitrogens with one attached hydrogen (secondary N) is 1. The Morgan fingerprint density at radius 1 is 1.17 bits per heavy atom. The van der Waals surface area contributed by atoms with Crippen LogP contribution in [0.25, 0.3) is 0 Å². The number of nitrogens with zero attached hydrogens (tertiary/aromatic N) is 2. The Morgan fingerprint density at radius 3 is 2.39 bits per heavy atom. The number of carbonyl (C=O) groups is 1. The van der Waals surface area contributed by atoms with E-state index in [-0.39, 0.29) is 11.9 Å². The number of benzene rings is 1. The molecule has 0 aromatic heterocycles. The van der Waals surface area contributed by atoms with Crippen LogP contribution in [0, 0.1) is 0 Å². The average molecular weight is 319 g/mol. The largest absolute Gasteiger partial charge is 0.391 e. The normalized spacial score (nSPS) is 19.3. The molecule has 2 unspecified atom stereocenters. The third-order valence-corrected chi connectivity index (χ3v) is 4.53. The Balaban J connectivity index is 1.72. The Labute approximate surface area is 139 Å². The molecule has 128 valence electrons. The van der Waals surface area contributed by atoms with E-state index in [0.717, 1.165) is 38.3 Å². The van der Waals surface area contributed by atoms with Gasteiger partial charge in [0.15, 0.2) is 0 Å². The van der Waals surface area contributed by atoms with Crippen molar-refractivity contribution in [1.82, 2.24) is 15.1 Å². The van der Waals surface area contributed by atoms with Gasteiger partial charge in [0.2, 0.25) is 5.91 Å². The van der Waals surface area contributed by atoms with Gasteiger partial charge in [0.25, 0.3) is 0 Å². The highest BCUT2D eigenvalue weighted by molar-refractivity contribution is 5.78. The summed E-state index contributed by atoms with van der Waals surface area (Å²) in [5.74, 6) is -0.00504. The fourth-order valence-corrected chi connectivity index (χ4v) is 2.89. The quantitative estimate of drug-likeness (QED) is 0.778. The first-order valence-corrected chi connectivity index (χ1v) is 8.54. The fourth-order valence-electron chi connectivity index (χ4n) is 2.89. The maximum atomic E-state index is 12.2. The highest BCUT2D eigenvalue weighted by Gasteiger charge is 2.21. The van der Waals surface area contributed by atoms with Crippen LogP contribution in [0.3, 0.4) is 0 Å². The molecule has 1 fully saturated rings. The molecule has 0 radical (unpaired) electrons. The van der Waals surface area contributed by atoms with E-state index < -0.39 is 6.10 Å². The smallest absolute Gasteiger partial charge is 0.234 e. The fraction of sp³-hybridized carbons (Fsp3) is 0.611. The van der Waals surface area contributed by atoms with E-state index in [1.165, 1.54) is 0 Å². The van der Waals surface area contributed by atoms with Gasteiger partial charge >= 0.3 is 0 Å². The zero-order valence-electron chi connectivity index (χ0n) is 14.2. The molecule has 0 bridgehead atoms. The molecule has 1 aliphatic heterocycles. The van der Waals surface area contributed by atoms with Crippen LogP contribution in [0.5, 0.6) is 0 Å². The summed E-state index contributed by atoms with van der Waals surface area (Å²) < 4.78 is 0. The Morgan fingerprint density at radius 2 is 1.78 bits per heavy atom. The molecule has 0 spiro atoms. The molecular weight excluding hydrogens is 290 g/mol. The number of aliphatic hydroxyl groups excluding tert-OH is 1. The summed E-state index contributed by atoms with van der Waals surface area (Å²) in [5, 5.41) is 13.2. The third-order valence-electron chi connectivity index (χ3n) is 4.53. The van der Waals surface area contributed by atoms with E-state index in [2.05, 4.69) is 22.0 Å². The summed E-state index contributed by atoms with van der Waals surface area (Å²) in [5.41, 5.74) is 1.08. The first-order chi connectivity index (χ1) is 11.1. The molecule has 2 N–H and O–H groups in total. The van der Waals surface area contributed by atoms with Crippen molar-refractivity contribution in [1.29, 1.82) is 0 Å². The van der Waals surface area contributed by atoms with Crippen LogP contribution >= 0.6 is 0 Å². The van der Waals surface area contributed by atoms with Gasteiger partial charge in [0.1, 0.15) is 0 Å². The number of aliphatic hydroxyl groups is 1. The molecule has 5 heteroatoms. The SMILES string of the molecule is CCN1CCN(CC(=O)NC(C)C(O)Cc2ccccc2)CC1. The second-order valence-corrected chi connectivity index (χ2v) is 6.32. The van der Waals surface area contributed by atoms with Crippen molar-refractivity contribution in [3.63, 3.8) is 0 Å². The third kappa shape index (κ3) is 5.94. The van der Waals surface area contributed by atoms with Gasteiger partial charge in [-0.2, -0.15) is 0 Å². The second-order valence-electron chi connectivity index (χ2n) is 6.32. The van der Waals surface area contributed by atoms with Crippen molar-refractivity contribution in [2.45, 2.75) is 32.4 Å². The van der Waals surface area contributed by atoms with Crippen LogP contribution in [0.4, 0.5) is 0 Å². The van der Waals surface area contributed by atoms with Crippen molar-refractivity contribution >= 4 is 5.91 Å². The molecule has 0 aliphatic carbocycles. The van der Waals surface area contributed by atoms with Gasteiger partial charge in [0.05, 0.1) is 18.7 Å². The van der Waals surface area contributed by atoms with Gasteiger partial charge in [-0.3, -0.25) is 9.69 Å². The summed E-state index contributed by atoms with van der Waals surface area (Å²) in [6.07, 6.45) is -0.0180. The predicted molar refractivity (Wildman–Crippen MR) is 92.3 cm³/mol. The minimum atomic E-state index is -0.571. The van der Waals surface area contributed by atoms with Crippen molar-refractivity contribution < 1.29 is 9.90 Å². The molecule has 1 aliphatic rings. The minimum Gasteiger partial charge on any atom is -0.391 e. The molecule has 1 heterocycles. The van der Waals surface area contributed by atoms with E-state index in [1.807, 2.05) is 37.3 Å². The molecule has 23 heavy (non-hydrogen) atoms. The van der Waals surface area contributed by atoms with Crippen molar-refractivity contribution in [3.8, 4) is 0 Å². The maximum Gasteiger partial charge on any atom is 0.234 e. The summed E-state index contributed by atoms with van der Waals surface area (Å²) in [4.78, 5) is 16.7. The topological polar surface area (TPSA) is 55.8 Å². The Hall–Kier alpha value is -1.43. The number of hydrogen-bond donors (Lipinski definition) is 2. The highest BCUT2D eigenvalue weighted by Crippen LogP contribution is 2.06. The number of rotatable bonds is 7. The molecular formula is C18H29N3O2. The summed E-state index contributed by atoms with van der Waals surface area (Å²) in [6, 6.07) is 9.61. The molecule has 1 aromatic rings. The zero-order valence-corrected chi connectivity index (χ0v) is 14.2. The molecule has 1 aromatic carbocycles. The van der Waals surface area contributed by atoms with Gasteiger partial charge in [-0.1, -0.05) is 37.3 Å². The standard InChI is InChI=1S/C18H29N3O2/c1-3-20-9-11-21(12-10-20)14-18(23)19-15(2)17(22)13-16-7-5-4-6-8-16/h4-8,15,17,22H,3,9-14H2,1-2H3,(H,19,23). The van der Waals surface area contributed by atoms with E-state index in [0.29, 0.717) is 13.0 Å². The van der Waals surface area contributed by atoms with Crippen LogP contribution < -0.4 is 5.32 Å². The number of carbonyl (C=O) groups excluding carboxylic acids is 1. The lowest BCUT2D eigenvalue weighted by Gasteiger charge is -2.33. The molecule has 1 amide bonds. The minimum absolute atomic E-state index is 0.00504. The van der Waals surface area contributed by atoms with Gasteiger partial charge in [-0.05, 0) is 19.0 Å². The average Bonchev–Trinajstić information content (AvgIpc) is 2.56. The highest BCUT2D eigenvalue weighted by atomic mass is 16.3. The Kier molecular flexibility index (Phi) is 7.02. The number of hydrogen-bond acceptors (Lipinski definition) is 4. The van der Waals surface area contributed by atoms with Gasteiger partial charge in [-0.25, -0.2) is 0 Å². The van der Waals surface area contributed by atoms with E-state index in [9.17, 15) is 9.90 Å². The van der Waals surface area contributed by atoms with Crippen LogP contribution in [-0.2, 0) is 11.2 Å². The molecule has 0 saturated carbocycles. The zero-order chi connectivity index (χ0) is 16.7. The predicted octanol–water partition coefficient (Wildman–Crippen LogP) is 0.732. The van der Waals surface area contributed by atoms with E-state index in [1.54, 1.807) is 0 Å². The van der Waals surface area contributed by atoms with Gasteiger partial charge in [-0.15, -0.1) is 0 Å². The molecule has 2 rings (SSSR count). The lowest BCUT2D eigenvalue weighted by Crippen LogP contribution is -2.51. The van der Waals surface area contributed by atoms with E-state index >= 15 is 0 Å². The Bertz CT molecular complexity index is 472. The number of piperazine rings is 1. The van der Waals surface area contributed by atoms with Crippen molar-refractivity contribution in [2.24, 2.45) is 0 Å². The lowest BCUT2D eigenvalue weighted by molar-refractivity contribution is -0.124. The maximum absolute atomic E-state index is 12.2. The monoisotopic (exact) mass is 319 g/mol. The molecule has 1 saturated heterocycles. The summed E-state index contributed by atoms with van der Waals surface area (Å²) in [6.45, 7) is 9.43. The van der Waals surface area contributed by atoms with Crippen LogP contribution in [0.2, 0.25) is 0 Å². The molecule has 2 atom stereocenters. The lowest BCUT2D eigenvalue weighted by atomic mass is 10.0. The van der Waals surface area contributed by atoms with Crippen molar-refractivity contribution in [2.75, 3.05) is 39.3 Å². The van der Waals surface area contributed by atoms with Crippen LogP contribution in [0.15, 0.2) is 30.3 Å². The van der Waals surface area contributed by atoms with Gasteiger partial charge < -0.3 is 15.3 Å². The first kappa shape index (κ1) is 17.9. The van der Waals surface area contributed by atoms with E-state index in [4.69, 9.17) is 0 Å². The van der Waals surface area contributed by atoms with Crippen LogP contribution in [-0.4, -0.2) is 72.2 Å². The van der Waals surface area contributed by atoms with Crippen molar-refractivity contribution in [3.05, 3.63) is 35.9 Å².